The Morgan fingerprint density at radius 1 is 1.40 bits per heavy atom. The van der Waals surface area contributed by atoms with Gasteiger partial charge in [-0.15, -0.1) is 0 Å². The first-order chi connectivity index (χ1) is 9.56. The fourth-order valence-corrected chi connectivity index (χ4v) is 2.48. The van der Waals surface area contributed by atoms with Crippen LogP contribution in [0.25, 0.3) is 0 Å². The van der Waals surface area contributed by atoms with Crippen LogP contribution in [0.3, 0.4) is 0 Å². The molecule has 0 saturated carbocycles. The Balaban J connectivity index is 2.19. The minimum absolute atomic E-state index is 0.387. The molecule has 4 nitrogen and oxygen atoms in total. The minimum atomic E-state index is 0.387. The summed E-state index contributed by atoms with van der Waals surface area (Å²) in [5.74, 6) is 0.799. The van der Waals surface area contributed by atoms with Crippen molar-refractivity contribution in [1.29, 1.82) is 0 Å². The molecule has 1 heterocycles. The molecule has 0 atom stereocenters. The minimum Gasteiger partial charge on any atom is -0.487 e. The van der Waals surface area contributed by atoms with E-state index in [1.165, 1.54) is 5.56 Å². The zero-order chi connectivity index (χ0) is 14.7. The molecule has 0 amide bonds. The molecule has 2 N–H and O–H groups in total. The van der Waals surface area contributed by atoms with E-state index in [2.05, 4.69) is 5.10 Å². The van der Waals surface area contributed by atoms with Crippen molar-refractivity contribution >= 4 is 11.6 Å². The van der Waals surface area contributed by atoms with E-state index in [4.69, 9.17) is 22.1 Å². The van der Waals surface area contributed by atoms with Crippen LogP contribution in [0.4, 0.5) is 0 Å². The van der Waals surface area contributed by atoms with E-state index in [1.807, 2.05) is 39.1 Å². The van der Waals surface area contributed by atoms with Gasteiger partial charge >= 0.3 is 0 Å². The first-order valence-electron chi connectivity index (χ1n) is 6.69. The predicted octanol–water partition coefficient (Wildman–Crippen LogP) is 2.98. The third kappa shape index (κ3) is 2.97. The van der Waals surface area contributed by atoms with Gasteiger partial charge in [-0.3, -0.25) is 4.68 Å². The monoisotopic (exact) mass is 293 g/mol. The quantitative estimate of drug-likeness (QED) is 0.922. The second-order valence-corrected chi connectivity index (χ2v) is 5.17. The van der Waals surface area contributed by atoms with Crippen LogP contribution in [0.1, 0.15) is 29.4 Å². The Kier molecular flexibility index (Phi) is 4.68. The van der Waals surface area contributed by atoms with E-state index in [-0.39, 0.29) is 0 Å². The lowest BCUT2D eigenvalue weighted by Crippen LogP contribution is -2.06. The number of rotatable bonds is 5. The Morgan fingerprint density at radius 2 is 2.15 bits per heavy atom. The molecular formula is C15H20ClN3O. The molecule has 2 aromatic rings. The van der Waals surface area contributed by atoms with Crippen LogP contribution < -0.4 is 10.5 Å². The summed E-state index contributed by atoms with van der Waals surface area (Å²) in [6.45, 7) is 4.91. The highest BCUT2D eigenvalue weighted by Gasteiger charge is 2.14. The summed E-state index contributed by atoms with van der Waals surface area (Å²) in [5.41, 5.74) is 9.70. The molecule has 0 fully saturated rings. The molecule has 0 aliphatic carbocycles. The van der Waals surface area contributed by atoms with E-state index in [0.717, 1.165) is 29.1 Å². The van der Waals surface area contributed by atoms with Crippen LogP contribution in [0.5, 0.6) is 5.75 Å². The molecule has 1 aromatic heterocycles. The van der Waals surface area contributed by atoms with Crippen molar-refractivity contribution in [2.24, 2.45) is 12.8 Å². The van der Waals surface area contributed by atoms with Gasteiger partial charge in [0, 0.05) is 19.2 Å². The molecular weight excluding hydrogens is 274 g/mol. The maximum atomic E-state index is 6.31. The normalized spacial score (nSPS) is 10.8. The number of nitrogens with zero attached hydrogens (tertiary/aromatic N) is 2. The number of hydrogen-bond donors (Lipinski definition) is 1. The van der Waals surface area contributed by atoms with E-state index in [1.54, 1.807) is 4.68 Å². The summed E-state index contributed by atoms with van der Waals surface area (Å²) < 4.78 is 7.64. The average Bonchev–Trinajstić information content (AvgIpc) is 2.72. The van der Waals surface area contributed by atoms with Gasteiger partial charge in [0.05, 0.1) is 16.4 Å². The lowest BCUT2D eigenvalue weighted by molar-refractivity contribution is 0.292. The molecule has 0 spiro atoms. The van der Waals surface area contributed by atoms with Gasteiger partial charge < -0.3 is 10.5 Å². The first-order valence-corrected chi connectivity index (χ1v) is 7.07. The Bertz CT molecular complexity index is 607. The van der Waals surface area contributed by atoms with Crippen LogP contribution in [0.2, 0.25) is 5.02 Å². The Morgan fingerprint density at radius 3 is 2.75 bits per heavy atom. The highest BCUT2D eigenvalue weighted by molar-refractivity contribution is 6.31. The molecule has 0 aliphatic rings. The fraction of sp³-hybridized carbons (Fsp3) is 0.400. The van der Waals surface area contributed by atoms with E-state index in [0.29, 0.717) is 18.2 Å². The van der Waals surface area contributed by atoms with Crippen molar-refractivity contribution in [2.75, 3.05) is 0 Å². The topological polar surface area (TPSA) is 53.1 Å². The molecule has 2 rings (SSSR count). The molecule has 0 unspecified atom stereocenters. The number of ether oxygens (including phenoxy) is 1. The van der Waals surface area contributed by atoms with E-state index >= 15 is 0 Å². The molecule has 20 heavy (non-hydrogen) atoms. The fourth-order valence-electron chi connectivity index (χ4n) is 2.13. The Labute approximate surface area is 124 Å². The molecule has 0 aliphatic heterocycles. The third-order valence-corrected chi connectivity index (χ3v) is 3.74. The number of nitrogens with two attached hydrogens (primary N) is 1. The summed E-state index contributed by atoms with van der Waals surface area (Å²) in [6, 6.07) is 6.00. The van der Waals surface area contributed by atoms with Crippen LogP contribution in [-0.2, 0) is 26.6 Å². The number of benzene rings is 1. The van der Waals surface area contributed by atoms with Crippen LogP contribution in [0, 0.1) is 6.92 Å². The summed E-state index contributed by atoms with van der Waals surface area (Å²) in [6.07, 6.45) is 0.811. The Hall–Kier alpha value is -1.52. The second kappa shape index (κ2) is 6.29. The molecule has 0 bridgehead atoms. The smallest absolute Gasteiger partial charge is 0.131 e. The second-order valence-electron chi connectivity index (χ2n) is 4.79. The lowest BCUT2D eigenvalue weighted by atomic mass is 10.1. The van der Waals surface area contributed by atoms with Crippen molar-refractivity contribution in [3.63, 3.8) is 0 Å². The standard InChI is InChI=1S/C15H20ClN3O/c1-4-12-15(16)13(19(3)18-12)9-20-14-6-5-10(2)7-11(14)8-17/h5-7H,4,8-9,17H2,1-3H3. The summed E-state index contributed by atoms with van der Waals surface area (Å²) in [5, 5.41) is 5.07. The van der Waals surface area contributed by atoms with E-state index < -0.39 is 0 Å². The van der Waals surface area contributed by atoms with Crippen molar-refractivity contribution in [1.82, 2.24) is 9.78 Å². The van der Waals surface area contributed by atoms with Gasteiger partial charge in [-0.2, -0.15) is 5.10 Å². The van der Waals surface area contributed by atoms with Crippen LogP contribution in [-0.4, -0.2) is 9.78 Å². The molecule has 5 heteroatoms. The largest absolute Gasteiger partial charge is 0.487 e. The SMILES string of the molecule is CCc1nn(C)c(COc2ccc(C)cc2CN)c1Cl. The lowest BCUT2D eigenvalue weighted by Gasteiger charge is -2.11. The maximum absolute atomic E-state index is 6.31. The van der Waals surface area contributed by atoms with Gasteiger partial charge in [0.2, 0.25) is 0 Å². The van der Waals surface area contributed by atoms with Gasteiger partial charge in [-0.05, 0) is 19.4 Å². The van der Waals surface area contributed by atoms with Crippen molar-refractivity contribution in [2.45, 2.75) is 33.4 Å². The molecule has 0 saturated heterocycles. The molecule has 1 aromatic carbocycles. The molecule has 0 radical (unpaired) electrons. The zero-order valence-electron chi connectivity index (χ0n) is 12.1. The van der Waals surface area contributed by atoms with Crippen molar-refractivity contribution in [3.8, 4) is 5.75 Å². The van der Waals surface area contributed by atoms with Crippen LogP contribution >= 0.6 is 11.6 Å². The number of hydrogen-bond acceptors (Lipinski definition) is 3. The van der Waals surface area contributed by atoms with Gasteiger partial charge in [0.1, 0.15) is 12.4 Å². The maximum Gasteiger partial charge on any atom is 0.131 e. The van der Waals surface area contributed by atoms with E-state index in [9.17, 15) is 0 Å². The van der Waals surface area contributed by atoms with Gasteiger partial charge in [-0.1, -0.05) is 36.2 Å². The summed E-state index contributed by atoms with van der Waals surface area (Å²) in [4.78, 5) is 0. The highest BCUT2D eigenvalue weighted by Crippen LogP contribution is 2.24. The number of aryl methyl sites for hydroxylation is 3. The van der Waals surface area contributed by atoms with Gasteiger partial charge in [0.15, 0.2) is 0 Å². The first kappa shape index (κ1) is 14.9. The summed E-state index contributed by atoms with van der Waals surface area (Å²) in [7, 11) is 1.88. The van der Waals surface area contributed by atoms with Crippen LogP contribution in [0.15, 0.2) is 18.2 Å². The molecule has 108 valence electrons. The predicted molar refractivity (Wildman–Crippen MR) is 81.0 cm³/mol. The highest BCUT2D eigenvalue weighted by atomic mass is 35.5. The average molecular weight is 294 g/mol. The van der Waals surface area contributed by atoms with Gasteiger partial charge in [0.25, 0.3) is 0 Å². The third-order valence-electron chi connectivity index (χ3n) is 3.30. The van der Waals surface area contributed by atoms with Crippen molar-refractivity contribution in [3.05, 3.63) is 45.7 Å². The summed E-state index contributed by atoms with van der Waals surface area (Å²) >= 11 is 6.31. The number of aromatic nitrogens is 2. The van der Waals surface area contributed by atoms with Crippen molar-refractivity contribution < 1.29 is 4.74 Å². The van der Waals surface area contributed by atoms with Gasteiger partial charge in [-0.25, -0.2) is 0 Å². The number of halogens is 1. The zero-order valence-corrected chi connectivity index (χ0v) is 12.9.